The zero-order valence-corrected chi connectivity index (χ0v) is 17.6. The fourth-order valence-electron chi connectivity index (χ4n) is 3.64. The maximum atomic E-state index is 12.9. The Labute approximate surface area is 176 Å². The zero-order chi connectivity index (χ0) is 21.3. The Morgan fingerprint density at radius 1 is 1.30 bits per heavy atom. The van der Waals surface area contributed by atoms with Crippen LogP contribution in [0.15, 0.2) is 29.1 Å². The summed E-state index contributed by atoms with van der Waals surface area (Å²) in [5.74, 6) is -0.215. The van der Waals surface area contributed by atoms with Gasteiger partial charge in [0, 0.05) is 10.6 Å². The van der Waals surface area contributed by atoms with Crippen LogP contribution in [0, 0.1) is 5.92 Å². The molecule has 0 radical (unpaired) electrons. The Kier molecular flexibility index (Phi) is 5.63. The molecule has 9 heteroatoms. The van der Waals surface area contributed by atoms with Crippen LogP contribution in [0.3, 0.4) is 0 Å². The summed E-state index contributed by atoms with van der Waals surface area (Å²) in [6, 6.07) is 6.37. The fraction of sp³-hybridized carbons (Fsp3) is 0.381. The number of anilines is 1. The first-order valence-electron chi connectivity index (χ1n) is 9.91. The molecule has 1 N–H and O–H groups in total. The first-order valence-corrected chi connectivity index (χ1v) is 10.7. The summed E-state index contributed by atoms with van der Waals surface area (Å²) >= 11 is 1.53. The standard InChI is InChI=1S/C21H22N4O4S/c1-3-29-21(28)13-5-7-14(8-6-13)22-17(26)11-25-20(27)18-15-9-4-12(2)10-16(15)30-19(18)23-24-25/h5-8,12H,3-4,9-11H2,1-2H3,(H,22,26)/t12-/m1/s1. The van der Waals surface area contributed by atoms with Gasteiger partial charge in [-0.15, -0.1) is 16.4 Å². The lowest BCUT2D eigenvalue weighted by Gasteiger charge is -2.17. The fourth-order valence-corrected chi connectivity index (χ4v) is 4.95. The number of benzene rings is 1. The van der Waals surface area contributed by atoms with Crippen LogP contribution in [-0.2, 0) is 28.9 Å². The van der Waals surface area contributed by atoms with E-state index in [0.717, 1.165) is 29.5 Å². The predicted molar refractivity (Wildman–Crippen MR) is 114 cm³/mol. The first kappa shape index (κ1) is 20.2. The highest BCUT2D eigenvalue weighted by Gasteiger charge is 2.24. The lowest BCUT2D eigenvalue weighted by Crippen LogP contribution is -2.30. The topological polar surface area (TPSA) is 103 Å². The largest absolute Gasteiger partial charge is 0.462 e. The Hall–Kier alpha value is -3.07. The minimum absolute atomic E-state index is 0.234. The Morgan fingerprint density at radius 2 is 2.07 bits per heavy atom. The van der Waals surface area contributed by atoms with Crippen LogP contribution < -0.4 is 10.9 Å². The van der Waals surface area contributed by atoms with Gasteiger partial charge < -0.3 is 10.1 Å². The molecule has 3 aromatic rings. The molecule has 1 aliphatic rings. The van der Waals surface area contributed by atoms with E-state index >= 15 is 0 Å². The molecule has 2 heterocycles. The quantitative estimate of drug-likeness (QED) is 0.629. The molecule has 0 saturated heterocycles. The van der Waals surface area contributed by atoms with Crippen LogP contribution >= 0.6 is 11.3 Å². The molecule has 1 aromatic carbocycles. The average molecular weight is 426 g/mol. The number of fused-ring (bicyclic) bond motifs is 3. The molecule has 1 aliphatic carbocycles. The summed E-state index contributed by atoms with van der Waals surface area (Å²) in [5.41, 5.74) is 1.70. The van der Waals surface area contributed by atoms with E-state index in [1.54, 1.807) is 31.2 Å². The van der Waals surface area contributed by atoms with Crippen LogP contribution in [0.2, 0.25) is 0 Å². The number of carbonyl (C=O) groups excluding carboxylic acids is 2. The van der Waals surface area contributed by atoms with Gasteiger partial charge in [-0.1, -0.05) is 12.1 Å². The number of ether oxygens (including phenoxy) is 1. The molecule has 4 rings (SSSR count). The zero-order valence-electron chi connectivity index (χ0n) is 16.8. The van der Waals surface area contributed by atoms with Crippen molar-refractivity contribution in [2.75, 3.05) is 11.9 Å². The summed E-state index contributed by atoms with van der Waals surface area (Å²) in [5, 5.41) is 11.4. The Bertz CT molecular complexity index is 1170. The summed E-state index contributed by atoms with van der Waals surface area (Å²) < 4.78 is 6.04. The molecule has 8 nitrogen and oxygen atoms in total. The molecule has 156 valence electrons. The van der Waals surface area contributed by atoms with Gasteiger partial charge in [-0.2, -0.15) is 0 Å². The SMILES string of the molecule is CCOC(=O)c1ccc(NC(=O)Cn2nnc3sc4c(c3c2=O)CC[C@@H](C)C4)cc1. The highest BCUT2D eigenvalue weighted by molar-refractivity contribution is 7.18. The van der Waals surface area contributed by atoms with Gasteiger partial charge in [0.2, 0.25) is 5.91 Å². The van der Waals surface area contributed by atoms with Crippen molar-refractivity contribution in [3.63, 3.8) is 0 Å². The van der Waals surface area contributed by atoms with Gasteiger partial charge in [0.25, 0.3) is 5.56 Å². The van der Waals surface area contributed by atoms with Crippen molar-refractivity contribution in [3.8, 4) is 0 Å². The van der Waals surface area contributed by atoms with E-state index in [1.165, 1.54) is 16.2 Å². The molecule has 1 amide bonds. The number of esters is 1. The molecule has 0 unspecified atom stereocenters. The van der Waals surface area contributed by atoms with Gasteiger partial charge in [-0.05, 0) is 61.9 Å². The average Bonchev–Trinajstić information content (AvgIpc) is 3.09. The monoisotopic (exact) mass is 426 g/mol. The van der Waals surface area contributed by atoms with Crippen molar-refractivity contribution in [3.05, 3.63) is 50.6 Å². The van der Waals surface area contributed by atoms with E-state index in [-0.39, 0.29) is 12.1 Å². The van der Waals surface area contributed by atoms with Crippen LogP contribution in [0.5, 0.6) is 0 Å². The molecule has 1 atom stereocenters. The second kappa shape index (κ2) is 8.35. The predicted octanol–water partition coefficient (Wildman–Crippen LogP) is 2.79. The maximum absolute atomic E-state index is 12.9. The van der Waals surface area contributed by atoms with Gasteiger partial charge in [-0.25, -0.2) is 9.48 Å². The molecule has 30 heavy (non-hydrogen) atoms. The Morgan fingerprint density at radius 3 is 2.80 bits per heavy atom. The third-order valence-corrected chi connectivity index (χ3v) is 6.30. The van der Waals surface area contributed by atoms with Crippen LogP contribution in [0.25, 0.3) is 10.2 Å². The Balaban J connectivity index is 1.50. The smallest absolute Gasteiger partial charge is 0.338 e. The molecule has 0 aliphatic heterocycles. The summed E-state index contributed by atoms with van der Waals surface area (Å²) in [6.45, 7) is 4.01. The summed E-state index contributed by atoms with van der Waals surface area (Å²) in [6.07, 6.45) is 2.86. The molecule has 2 aromatic heterocycles. The van der Waals surface area contributed by atoms with Crippen LogP contribution in [0.1, 0.15) is 41.1 Å². The minimum Gasteiger partial charge on any atom is -0.462 e. The number of nitrogens with one attached hydrogen (secondary N) is 1. The second-order valence-corrected chi connectivity index (χ2v) is 8.51. The van der Waals surface area contributed by atoms with Crippen molar-refractivity contribution in [2.45, 2.75) is 39.7 Å². The van der Waals surface area contributed by atoms with Crippen LogP contribution in [0.4, 0.5) is 5.69 Å². The third kappa shape index (κ3) is 3.97. The number of thiophene rings is 1. The van der Waals surface area contributed by atoms with Crippen molar-refractivity contribution in [2.24, 2.45) is 5.92 Å². The highest BCUT2D eigenvalue weighted by atomic mass is 32.1. The molecule has 0 bridgehead atoms. The van der Waals surface area contributed by atoms with E-state index in [9.17, 15) is 14.4 Å². The molecular weight excluding hydrogens is 404 g/mol. The lowest BCUT2D eigenvalue weighted by atomic mass is 9.89. The molecule has 0 saturated carbocycles. The molecule has 0 spiro atoms. The normalized spacial score (nSPS) is 15.6. The van der Waals surface area contributed by atoms with Gasteiger partial charge >= 0.3 is 5.97 Å². The lowest BCUT2D eigenvalue weighted by molar-refractivity contribution is -0.117. The number of aromatic nitrogens is 3. The van der Waals surface area contributed by atoms with E-state index < -0.39 is 11.9 Å². The maximum Gasteiger partial charge on any atom is 0.338 e. The van der Waals surface area contributed by atoms with Crippen molar-refractivity contribution in [1.29, 1.82) is 0 Å². The number of aryl methyl sites for hydroxylation is 1. The third-order valence-electron chi connectivity index (χ3n) is 5.16. The van der Waals surface area contributed by atoms with Crippen molar-refractivity contribution >= 4 is 39.1 Å². The van der Waals surface area contributed by atoms with Crippen LogP contribution in [-0.4, -0.2) is 33.5 Å². The number of nitrogens with zero attached hydrogens (tertiary/aromatic N) is 3. The van der Waals surface area contributed by atoms with Crippen molar-refractivity contribution < 1.29 is 14.3 Å². The molecule has 0 fully saturated rings. The number of hydrogen-bond donors (Lipinski definition) is 1. The number of amides is 1. The van der Waals surface area contributed by atoms with E-state index in [4.69, 9.17) is 4.74 Å². The van der Waals surface area contributed by atoms with Gasteiger partial charge in [-0.3, -0.25) is 9.59 Å². The van der Waals surface area contributed by atoms with Gasteiger partial charge in [0.15, 0.2) is 4.83 Å². The van der Waals surface area contributed by atoms with E-state index in [0.29, 0.717) is 34.0 Å². The van der Waals surface area contributed by atoms with Crippen molar-refractivity contribution in [1.82, 2.24) is 15.0 Å². The van der Waals surface area contributed by atoms with E-state index in [1.807, 2.05) is 0 Å². The minimum atomic E-state index is -0.418. The summed E-state index contributed by atoms with van der Waals surface area (Å²) in [7, 11) is 0. The molecular formula is C21H22N4O4S. The van der Waals surface area contributed by atoms with E-state index in [2.05, 4.69) is 22.6 Å². The number of hydrogen-bond acceptors (Lipinski definition) is 7. The number of carbonyl (C=O) groups is 2. The highest BCUT2D eigenvalue weighted by Crippen LogP contribution is 2.35. The van der Waals surface area contributed by atoms with Gasteiger partial charge in [0.1, 0.15) is 6.54 Å². The van der Waals surface area contributed by atoms with Gasteiger partial charge in [0.05, 0.1) is 17.6 Å². The first-order chi connectivity index (χ1) is 14.5. The number of rotatable bonds is 5. The second-order valence-electron chi connectivity index (χ2n) is 7.43. The summed E-state index contributed by atoms with van der Waals surface area (Å²) in [4.78, 5) is 38.9.